The van der Waals surface area contributed by atoms with Gasteiger partial charge in [-0.2, -0.15) is 8.78 Å². The van der Waals surface area contributed by atoms with E-state index >= 15 is 0 Å². The predicted octanol–water partition coefficient (Wildman–Crippen LogP) is 3.71. The van der Waals surface area contributed by atoms with Crippen LogP contribution >= 0.6 is 0 Å². The molecule has 26 heavy (non-hydrogen) atoms. The Kier molecular flexibility index (Phi) is 4.17. The molecule has 0 amide bonds. The first-order valence-electron chi connectivity index (χ1n) is 8.64. The second-order valence-corrected chi connectivity index (χ2v) is 7.98. The van der Waals surface area contributed by atoms with Crippen molar-refractivity contribution in [2.45, 2.75) is 38.2 Å². The predicted molar refractivity (Wildman–Crippen MR) is 98.7 cm³/mol. The van der Waals surface area contributed by atoms with Crippen LogP contribution in [0.5, 0.6) is 0 Å². The van der Waals surface area contributed by atoms with Crippen LogP contribution < -0.4 is 4.90 Å². The molecule has 1 aromatic heterocycles. The van der Waals surface area contributed by atoms with Gasteiger partial charge in [-0.05, 0) is 31.9 Å². The number of fused-ring (bicyclic) bond motifs is 1. The summed E-state index contributed by atoms with van der Waals surface area (Å²) in [7, 11) is -1.68. The van der Waals surface area contributed by atoms with E-state index in [2.05, 4.69) is 14.3 Å². The SMILES string of the molecule is C[C@H]1CCN1c1nc(-c2cccc(/N=[SH](\C)=O)c2)c2c(n1)C(F)(F)CC2. The molecule has 2 aliphatic rings. The largest absolute Gasteiger partial charge is 0.338 e. The van der Waals surface area contributed by atoms with Crippen LogP contribution in [0.25, 0.3) is 11.3 Å². The highest BCUT2D eigenvalue weighted by molar-refractivity contribution is 7.74. The first-order chi connectivity index (χ1) is 12.3. The number of nitrogens with zero attached hydrogens (tertiary/aromatic N) is 4. The molecular formula is C18H20F2N4OS. The number of benzene rings is 1. The fourth-order valence-electron chi connectivity index (χ4n) is 3.47. The molecule has 0 saturated carbocycles. The number of hydrogen-bond acceptors (Lipinski definition) is 5. The van der Waals surface area contributed by atoms with Crippen molar-refractivity contribution in [1.82, 2.24) is 9.97 Å². The molecule has 2 atom stereocenters. The Hall–Kier alpha value is -2.09. The highest BCUT2D eigenvalue weighted by Crippen LogP contribution is 2.45. The fraction of sp³-hybridized carbons (Fsp3) is 0.444. The van der Waals surface area contributed by atoms with Crippen LogP contribution in [0, 0.1) is 0 Å². The maximum Gasteiger partial charge on any atom is 0.290 e. The summed E-state index contributed by atoms with van der Waals surface area (Å²) in [4.78, 5) is 10.8. The standard InChI is InChI=1S/C18H20F2N4OS/c1-11-7-9-24(11)17-21-15(14-6-8-18(19,20)16(14)22-17)12-4-3-5-13(10-12)23-26(2)25/h3-5,10-11,26H,6-9H2,1-2H3/t11-/m0/s1. The lowest BCUT2D eigenvalue weighted by Crippen LogP contribution is -2.47. The molecule has 1 aliphatic heterocycles. The summed E-state index contributed by atoms with van der Waals surface area (Å²) in [6, 6.07) is 7.35. The van der Waals surface area contributed by atoms with Gasteiger partial charge >= 0.3 is 0 Å². The van der Waals surface area contributed by atoms with Gasteiger partial charge in [0.1, 0.15) is 5.69 Å². The Morgan fingerprint density at radius 2 is 2.15 bits per heavy atom. The van der Waals surface area contributed by atoms with Crippen LogP contribution in [0.1, 0.15) is 31.0 Å². The second-order valence-electron chi connectivity index (χ2n) is 6.85. The summed E-state index contributed by atoms with van der Waals surface area (Å²) in [5.74, 6) is -2.56. The van der Waals surface area contributed by atoms with Gasteiger partial charge in [0, 0.05) is 47.0 Å². The summed E-state index contributed by atoms with van der Waals surface area (Å²) < 4.78 is 44.2. The van der Waals surface area contributed by atoms with Gasteiger partial charge < -0.3 is 4.90 Å². The number of anilines is 1. The summed E-state index contributed by atoms with van der Waals surface area (Å²) in [6.45, 7) is 2.81. The topological polar surface area (TPSA) is 58.5 Å². The number of rotatable bonds is 3. The zero-order valence-electron chi connectivity index (χ0n) is 14.6. The smallest absolute Gasteiger partial charge is 0.290 e. The maximum absolute atomic E-state index is 14.4. The quantitative estimate of drug-likeness (QED) is 0.828. The van der Waals surface area contributed by atoms with E-state index in [0.717, 1.165) is 13.0 Å². The monoisotopic (exact) mass is 378 g/mol. The minimum Gasteiger partial charge on any atom is -0.338 e. The highest BCUT2D eigenvalue weighted by Gasteiger charge is 2.44. The Bertz CT molecular complexity index is 956. The van der Waals surface area contributed by atoms with E-state index in [4.69, 9.17) is 0 Å². The van der Waals surface area contributed by atoms with Gasteiger partial charge in [0.05, 0.1) is 11.4 Å². The molecule has 1 aliphatic carbocycles. The van der Waals surface area contributed by atoms with E-state index < -0.39 is 16.5 Å². The van der Waals surface area contributed by atoms with Crippen molar-refractivity contribution in [3.8, 4) is 11.3 Å². The third-order valence-electron chi connectivity index (χ3n) is 4.98. The van der Waals surface area contributed by atoms with E-state index in [1.807, 2.05) is 17.9 Å². The summed E-state index contributed by atoms with van der Waals surface area (Å²) >= 11 is 0. The molecule has 1 saturated heterocycles. The Labute approximate surface area is 152 Å². The average Bonchev–Trinajstić information content (AvgIpc) is 2.88. The van der Waals surface area contributed by atoms with Gasteiger partial charge in [0.15, 0.2) is 0 Å². The lowest BCUT2D eigenvalue weighted by molar-refractivity contribution is -0.00595. The van der Waals surface area contributed by atoms with Gasteiger partial charge in [0.2, 0.25) is 5.95 Å². The molecular weight excluding hydrogens is 358 g/mol. The number of hydrogen-bond donors (Lipinski definition) is 1. The van der Waals surface area contributed by atoms with E-state index in [1.54, 1.807) is 18.2 Å². The van der Waals surface area contributed by atoms with Crippen LogP contribution in [-0.2, 0) is 22.9 Å². The molecule has 2 heterocycles. The lowest BCUT2D eigenvalue weighted by Gasteiger charge is -2.39. The van der Waals surface area contributed by atoms with E-state index in [-0.39, 0.29) is 24.6 Å². The Morgan fingerprint density at radius 1 is 1.35 bits per heavy atom. The van der Waals surface area contributed by atoms with Crippen molar-refractivity contribution in [1.29, 1.82) is 0 Å². The van der Waals surface area contributed by atoms with E-state index in [9.17, 15) is 13.0 Å². The number of alkyl halides is 2. The third-order valence-corrected chi connectivity index (χ3v) is 5.50. The third kappa shape index (κ3) is 2.96. The van der Waals surface area contributed by atoms with Crippen LogP contribution in [0.4, 0.5) is 20.4 Å². The van der Waals surface area contributed by atoms with Gasteiger partial charge in [0.25, 0.3) is 5.92 Å². The molecule has 4 rings (SSSR count). The molecule has 138 valence electrons. The minimum atomic E-state index is -2.93. The molecule has 2 aromatic rings. The van der Waals surface area contributed by atoms with Crippen molar-refractivity contribution in [3.63, 3.8) is 0 Å². The van der Waals surface area contributed by atoms with Crippen LogP contribution in [0.15, 0.2) is 28.6 Å². The maximum atomic E-state index is 14.4. The van der Waals surface area contributed by atoms with Crippen molar-refractivity contribution in [2.24, 2.45) is 4.36 Å². The average molecular weight is 378 g/mol. The van der Waals surface area contributed by atoms with Crippen LogP contribution in [0.3, 0.4) is 0 Å². The molecule has 0 bridgehead atoms. The van der Waals surface area contributed by atoms with Gasteiger partial charge in [-0.3, -0.25) is 4.21 Å². The molecule has 0 N–H and O–H groups in total. The molecule has 1 fully saturated rings. The highest BCUT2D eigenvalue weighted by atomic mass is 32.2. The van der Waals surface area contributed by atoms with Crippen molar-refractivity contribution < 1.29 is 13.0 Å². The van der Waals surface area contributed by atoms with Crippen LogP contribution in [-0.4, -0.2) is 33.0 Å². The van der Waals surface area contributed by atoms with Gasteiger partial charge in [-0.15, -0.1) is 0 Å². The van der Waals surface area contributed by atoms with Crippen molar-refractivity contribution >= 4 is 22.2 Å². The normalized spacial score (nSPS) is 22.2. The molecule has 1 aromatic carbocycles. The molecule has 0 spiro atoms. The number of aromatic nitrogens is 2. The number of halogens is 2. The van der Waals surface area contributed by atoms with Crippen molar-refractivity contribution in [3.05, 3.63) is 35.5 Å². The van der Waals surface area contributed by atoms with Crippen molar-refractivity contribution in [2.75, 3.05) is 17.7 Å². The first kappa shape index (κ1) is 17.3. The molecule has 0 radical (unpaired) electrons. The van der Waals surface area contributed by atoms with Gasteiger partial charge in [-0.25, -0.2) is 14.3 Å². The molecule has 5 nitrogen and oxygen atoms in total. The minimum absolute atomic E-state index is 0.152. The zero-order valence-corrected chi connectivity index (χ0v) is 15.5. The number of thiol groups is 1. The van der Waals surface area contributed by atoms with Gasteiger partial charge in [-0.1, -0.05) is 12.1 Å². The van der Waals surface area contributed by atoms with E-state index in [1.165, 1.54) is 6.26 Å². The van der Waals surface area contributed by atoms with Crippen LogP contribution in [0.2, 0.25) is 0 Å². The summed E-state index contributed by atoms with van der Waals surface area (Å²) in [6.07, 6.45) is 2.53. The Morgan fingerprint density at radius 3 is 2.81 bits per heavy atom. The lowest BCUT2D eigenvalue weighted by atomic mass is 10.0. The summed E-state index contributed by atoms with van der Waals surface area (Å²) in [5.41, 5.74) is 2.14. The van der Waals surface area contributed by atoms with E-state index in [0.29, 0.717) is 28.5 Å². The Balaban J connectivity index is 1.88. The summed E-state index contributed by atoms with van der Waals surface area (Å²) in [5, 5.41) is 0. The fourth-order valence-corrected chi connectivity index (χ4v) is 3.92. The zero-order chi connectivity index (χ0) is 18.5. The first-order valence-corrected chi connectivity index (χ1v) is 10.3. The second kappa shape index (κ2) is 6.26. The molecule has 1 unspecified atom stereocenters. The molecule has 8 heteroatoms.